The number of nitrogens with one attached hydrogen (secondary N) is 3. The SMILES string of the molecule is CC(=O)N[C@@H]1[C@@H](O)[C@H](O[C@@H]2O[C@H](CO)[C@@H](O[C@@H]3O[C@H](CO[C@H]4O[C@H](CO)[C@@H](O)[C@H](O)[C@@H]4O[C@@H]4O[C@H](CO)[C@@H](O)[C@H](O)[C@H]4NC(C)=O)[C@@H](O)[C@H](O[C@H]4O[C@H](CO)[C@@H](O)[C@H](O)[C@@H]4O)[C@@H]3O[C@@H]3OC[C@@H](O)[C@H](O)[C@H]3O)[C@H](O)[C@H]2NC(C)=O)[C@@H](CO)O[C@H]1O. The summed E-state index contributed by atoms with van der Waals surface area (Å²) in [7, 11) is 0. The molecule has 22 N–H and O–H groups in total. The van der Waals surface area contributed by atoms with Gasteiger partial charge in [-0.15, -0.1) is 0 Å². The van der Waals surface area contributed by atoms with Crippen molar-refractivity contribution in [3.8, 4) is 0 Å². The minimum atomic E-state index is -2.32. The summed E-state index contributed by atoms with van der Waals surface area (Å²) in [5.41, 5.74) is 0. The molecule has 492 valence electrons. The number of hydrogen-bond acceptors (Lipinski definition) is 35. The Hall–Kier alpha value is -2.87. The van der Waals surface area contributed by atoms with Gasteiger partial charge in [0.15, 0.2) is 44.0 Å². The van der Waals surface area contributed by atoms with Crippen molar-refractivity contribution < 1.29 is 173 Å². The molecule has 34 atom stereocenters. The van der Waals surface area contributed by atoms with Crippen LogP contribution in [0, 0.1) is 0 Å². The lowest BCUT2D eigenvalue weighted by molar-refractivity contribution is -0.405. The highest BCUT2D eigenvalue weighted by molar-refractivity contribution is 5.74. The van der Waals surface area contributed by atoms with Gasteiger partial charge in [-0.2, -0.15) is 0 Å². The second-order valence-corrected chi connectivity index (χ2v) is 21.4. The molecule has 7 aliphatic rings. The van der Waals surface area contributed by atoms with E-state index < -0.39 is 273 Å². The Morgan fingerprint density at radius 2 is 0.753 bits per heavy atom. The maximum absolute atomic E-state index is 12.9. The molecular formula is C47H79N3O35. The molecule has 0 aliphatic carbocycles. The summed E-state index contributed by atoms with van der Waals surface area (Å²) in [6, 6.07) is -5.12. The van der Waals surface area contributed by atoms with Gasteiger partial charge in [0.2, 0.25) is 17.7 Å². The second-order valence-electron chi connectivity index (χ2n) is 21.4. The van der Waals surface area contributed by atoms with Gasteiger partial charge in [0.1, 0.15) is 165 Å². The highest BCUT2D eigenvalue weighted by Crippen LogP contribution is 2.38. The smallest absolute Gasteiger partial charge is 0.217 e. The van der Waals surface area contributed by atoms with Crippen molar-refractivity contribution in [1.29, 1.82) is 0 Å². The van der Waals surface area contributed by atoms with E-state index in [-0.39, 0.29) is 0 Å². The maximum Gasteiger partial charge on any atom is 0.217 e. The zero-order valence-corrected chi connectivity index (χ0v) is 45.6. The van der Waals surface area contributed by atoms with Crippen molar-refractivity contribution >= 4 is 17.7 Å². The average Bonchev–Trinajstić information content (AvgIpc) is 1.54. The summed E-state index contributed by atoms with van der Waals surface area (Å²) in [6.45, 7) is -3.81. The van der Waals surface area contributed by atoms with Gasteiger partial charge in [-0.3, -0.25) is 14.4 Å². The van der Waals surface area contributed by atoms with E-state index in [1.807, 2.05) is 0 Å². The Morgan fingerprint density at radius 1 is 0.353 bits per heavy atom. The number of carbonyl (C=O) groups is 3. The molecule has 3 amide bonds. The number of hydrogen-bond donors (Lipinski definition) is 22. The first-order valence-corrected chi connectivity index (χ1v) is 27.0. The molecule has 7 heterocycles. The minimum Gasteiger partial charge on any atom is -0.394 e. The predicted molar refractivity (Wildman–Crippen MR) is 261 cm³/mol. The van der Waals surface area contributed by atoms with Crippen molar-refractivity contribution in [1.82, 2.24) is 16.0 Å². The quantitative estimate of drug-likeness (QED) is 0.0507. The van der Waals surface area contributed by atoms with Gasteiger partial charge >= 0.3 is 0 Å². The van der Waals surface area contributed by atoms with E-state index in [4.69, 9.17) is 61.6 Å². The normalized spacial score (nSPS) is 48.9. The molecule has 7 saturated heterocycles. The largest absolute Gasteiger partial charge is 0.394 e. The van der Waals surface area contributed by atoms with E-state index in [2.05, 4.69) is 16.0 Å². The molecule has 0 radical (unpaired) electrons. The highest BCUT2D eigenvalue weighted by atomic mass is 16.8. The molecule has 38 heteroatoms. The van der Waals surface area contributed by atoms with Crippen LogP contribution in [0.3, 0.4) is 0 Å². The third-order valence-corrected chi connectivity index (χ3v) is 15.3. The Labute approximate surface area is 481 Å². The van der Waals surface area contributed by atoms with Gasteiger partial charge in [0.25, 0.3) is 0 Å². The molecule has 0 aromatic rings. The highest BCUT2D eigenvalue weighted by Gasteiger charge is 2.59. The Balaban J connectivity index is 1.27. The monoisotopic (exact) mass is 1250 g/mol. The molecule has 7 rings (SSSR count). The molecular weight excluding hydrogens is 1170 g/mol. The Morgan fingerprint density at radius 3 is 1.31 bits per heavy atom. The molecule has 7 aliphatic heterocycles. The van der Waals surface area contributed by atoms with Gasteiger partial charge < -0.3 is 175 Å². The molecule has 0 bridgehead atoms. The summed E-state index contributed by atoms with van der Waals surface area (Å²) in [5, 5.41) is 214. The zero-order valence-electron chi connectivity index (χ0n) is 45.6. The molecule has 0 aromatic carbocycles. The predicted octanol–water partition coefficient (Wildman–Crippen LogP) is -15.2. The molecule has 0 saturated carbocycles. The summed E-state index contributed by atoms with van der Waals surface area (Å²) >= 11 is 0. The van der Waals surface area contributed by atoms with Gasteiger partial charge in [-0.05, 0) is 0 Å². The lowest BCUT2D eigenvalue weighted by atomic mass is 9.93. The number of amides is 3. The molecule has 0 unspecified atom stereocenters. The Bertz CT molecular complexity index is 2130. The molecule has 85 heavy (non-hydrogen) atoms. The van der Waals surface area contributed by atoms with Crippen LogP contribution >= 0.6 is 0 Å². The van der Waals surface area contributed by atoms with Crippen LogP contribution in [-0.2, 0) is 76.0 Å². The van der Waals surface area contributed by atoms with Crippen molar-refractivity contribution in [2.45, 2.75) is 229 Å². The molecule has 0 spiro atoms. The Kier molecular flexibility index (Phi) is 24.8. The first kappa shape index (κ1) is 69.6. The van der Waals surface area contributed by atoms with Crippen molar-refractivity contribution in [2.75, 3.05) is 46.2 Å². The van der Waals surface area contributed by atoms with Crippen LogP contribution in [0.2, 0.25) is 0 Å². The van der Waals surface area contributed by atoms with Crippen LogP contribution in [0.1, 0.15) is 20.8 Å². The van der Waals surface area contributed by atoms with Crippen molar-refractivity contribution in [3.05, 3.63) is 0 Å². The first-order chi connectivity index (χ1) is 40.2. The fourth-order valence-corrected chi connectivity index (χ4v) is 10.8. The van der Waals surface area contributed by atoms with E-state index in [0.717, 1.165) is 20.8 Å². The number of aliphatic hydroxyl groups excluding tert-OH is 19. The lowest BCUT2D eigenvalue weighted by Gasteiger charge is -2.51. The van der Waals surface area contributed by atoms with Crippen LogP contribution in [0.25, 0.3) is 0 Å². The third kappa shape index (κ3) is 15.5. The van der Waals surface area contributed by atoms with E-state index in [9.17, 15) is 111 Å². The third-order valence-electron chi connectivity index (χ3n) is 15.3. The van der Waals surface area contributed by atoms with Crippen LogP contribution in [0.4, 0.5) is 0 Å². The standard InChI is InChI=1S/C47H79N3O35/c1-11(56)48-21-30(66)36(18(7-54)75-41(21)72)81-43-23(50-13(3)58)31(67)37(19(8-55)79-43)82-47-40(85-44-34(70)24(60)14(59)9-73-44)38(83-45-35(71)32(68)26(62)16(5-52)77-45)28(64)20(80-47)10-74-46-39(33(69)27(63)17(6-53)78-46)84-42-22(49-12(2)57)29(65)25(61)15(4-51)76-42/h14-47,51-55,59-72H,4-10H2,1-3H3,(H,48,56)(H,49,57)(H,50,58)/t14-,15-,16-,17-,18-,19-,20-,21-,22-,23-,24+,25-,26-,27-,28-,29-,30-,31-,32+,33+,34-,35+,36-,37-,38+,39+,40+,41-,42+,43+,44+,45-,46+,47+/m1/s1. The van der Waals surface area contributed by atoms with Crippen LogP contribution in [-0.4, -0.2) is 370 Å². The fraction of sp³-hybridized carbons (Fsp3) is 0.936. The molecule has 7 fully saturated rings. The number of carbonyl (C=O) groups excluding carboxylic acids is 3. The summed E-state index contributed by atoms with van der Waals surface area (Å²) in [4.78, 5) is 37.2. The topological polar surface area (TPSA) is 592 Å². The number of aliphatic hydroxyl groups is 19. The number of ether oxygens (including phenoxy) is 13. The summed E-state index contributed by atoms with van der Waals surface area (Å²) in [6.07, 6.45) is -61.7. The summed E-state index contributed by atoms with van der Waals surface area (Å²) < 4.78 is 76.7. The van der Waals surface area contributed by atoms with Crippen LogP contribution in [0.5, 0.6) is 0 Å². The van der Waals surface area contributed by atoms with E-state index in [1.54, 1.807) is 0 Å². The van der Waals surface area contributed by atoms with Crippen LogP contribution < -0.4 is 16.0 Å². The van der Waals surface area contributed by atoms with Gasteiger partial charge in [0, 0.05) is 20.8 Å². The maximum atomic E-state index is 12.9. The van der Waals surface area contributed by atoms with Gasteiger partial charge in [-0.1, -0.05) is 0 Å². The molecule has 38 nitrogen and oxygen atoms in total. The zero-order chi connectivity index (χ0) is 62.6. The van der Waals surface area contributed by atoms with Crippen molar-refractivity contribution in [3.63, 3.8) is 0 Å². The average molecular weight is 1250 g/mol. The minimum absolute atomic E-state index is 0.735. The van der Waals surface area contributed by atoms with Crippen molar-refractivity contribution in [2.24, 2.45) is 0 Å². The first-order valence-electron chi connectivity index (χ1n) is 27.0. The van der Waals surface area contributed by atoms with E-state index in [1.165, 1.54) is 0 Å². The number of rotatable bonds is 21. The van der Waals surface area contributed by atoms with E-state index >= 15 is 0 Å². The van der Waals surface area contributed by atoms with Gasteiger partial charge in [-0.25, -0.2) is 0 Å². The van der Waals surface area contributed by atoms with Crippen LogP contribution in [0.15, 0.2) is 0 Å². The van der Waals surface area contributed by atoms with E-state index in [0.29, 0.717) is 0 Å². The molecule has 0 aromatic heterocycles. The lowest BCUT2D eigenvalue weighted by Crippen LogP contribution is -2.71. The van der Waals surface area contributed by atoms with Gasteiger partial charge in [0.05, 0.1) is 46.2 Å². The second kappa shape index (κ2) is 30.3. The fourth-order valence-electron chi connectivity index (χ4n) is 10.8. The summed E-state index contributed by atoms with van der Waals surface area (Å²) in [5.74, 6) is -2.44.